The Kier molecular flexibility index (Phi) is 7.10. The van der Waals surface area contributed by atoms with Crippen LogP contribution in [0.1, 0.15) is 23.0 Å². The molecular formula is C27H21F3O7. The summed E-state index contributed by atoms with van der Waals surface area (Å²) in [6.45, 7) is 2.28. The molecular weight excluding hydrogens is 493 g/mol. The summed E-state index contributed by atoms with van der Waals surface area (Å²) in [6.07, 6.45) is -5.00. The lowest BCUT2D eigenvalue weighted by atomic mass is 10.0. The second kappa shape index (κ2) is 10.3. The van der Waals surface area contributed by atoms with Crippen LogP contribution < -0.4 is 24.4 Å². The second-order valence-corrected chi connectivity index (χ2v) is 7.71. The summed E-state index contributed by atoms with van der Waals surface area (Å²) in [5, 5.41) is -0.126. The molecule has 37 heavy (non-hydrogen) atoms. The van der Waals surface area contributed by atoms with E-state index in [1.165, 1.54) is 56.7 Å². The highest BCUT2D eigenvalue weighted by molar-refractivity contribution is 5.92. The van der Waals surface area contributed by atoms with E-state index in [9.17, 15) is 22.8 Å². The Bertz CT molecular complexity index is 1510. The van der Waals surface area contributed by atoms with Crippen LogP contribution in [0.4, 0.5) is 13.2 Å². The van der Waals surface area contributed by atoms with Gasteiger partial charge in [-0.1, -0.05) is 6.07 Å². The number of rotatable bonds is 7. The lowest BCUT2D eigenvalue weighted by Gasteiger charge is -2.15. The number of hydrogen-bond acceptors (Lipinski definition) is 7. The first-order chi connectivity index (χ1) is 17.7. The molecule has 0 aliphatic carbocycles. The van der Waals surface area contributed by atoms with Crippen LogP contribution >= 0.6 is 0 Å². The van der Waals surface area contributed by atoms with Crippen molar-refractivity contribution in [3.8, 4) is 34.1 Å². The molecule has 4 aromatic rings. The largest absolute Gasteiger partial charge is 0.494 e. The summed E-state index contributed by atoms with van der Waals surface area (Å²) in [5.41, 5.74) is -1.85. The number of hydrogen-bond donors (Lipinski definition) is 0. The highest BCUT2D eigenvalue weighted by Gasteiger charge is 2.39. The number of benzene rings is 3. The molecule has 1 aromatic heterocycles. The van der Waals surface area contributed by atoms with Crippen molar-refractivity contribution in [3.05, 3.63) is 82.2 Å². The average Bonchev–Trinajstić information content (AvgIpc) is 2.88. The predicted molar refractivity (Wildman–Crippen MR) is 129 cm³/mol. The van der Waals surface area contributed by atoms with Crippen molar-refractivity contribution in [1.29, 1.82) is 0 Å². The molecule has 0 aliphatic heterocycles. The van der Waals surface area contributed by atoms with Gasteiger partial charge >= 0.3 is 12.1 Å². The number of halogens is 3. The molecule has 0 amide bonds. The molecule has 0 radical (unpaired) electrons. The maximum absolute atomic E-state index is 14.0. The Morgan fingerprint density at radius 3 is 2.19 bits per heavy atom. The summed E-state index contributed by atoms with van der Waals surface area (Å²) in [5.74, 6) is -1.35. The molecule has 192 valence electrons. The van der Waals surface area contributed by atoms with Crippen LogP contribution in [0.15, 0.2) is 69.9 Å². The average molecular weight is 514 g/mol. The number of methoxy groups -OCH3 is 2. The summed E-state index contributed by atoms with van der Waals surface area (Å²) in [7, 11) is 2.70. The van der Waals surface area contributed by atoms with Gasteiger partial charge < -0.3 is 23.4 Å². The van der Waals surface area contributed by atoms with E-state index in [2.05, 4.69) is 0 Å². The molecule has 7 nitrogen and oxygen atoms in total. The lowest BCUT2D eigenvalue weighted by Crippen LogP contribution is -2.16. The third kappa shape index (κ3) is 5.23. The minimum absolute atomic E-state index is 0.0633. The fraction of sp³-hybridized carbons (Fsp3) is 0.185. The fourth-order valence-corrected chi connectivity index (χ4v) is 3.71. The van der Waals surface area contributed by atoms with Crippen LogP contribution in [0.5, 0.6) is 23.0 Å². The minimum atomic E-state index is -5.00. The molecule has 0 bridgehead atoms. The minimum Gasteiger partial charge on any atom is -0.494 e. The van der Waals surface area contributed by atoms with Gasteiger partial charge in [0.15, 0.2) is 11.5 Å². The van der Waals surface area contributed by atoms with Crippen LogP contribution in [0.3, 0.4) is 0 Å². The van der Waals surface area contributed by atoms with Crippen molar-refractivity contribution >= 4 is 16.9 Å². The van der Waals surface area contributed by atoms with Gasteiger partial charge in [-0.2, -0.15) is 13.2 Å². The van der Waals surface area contributed by atoms with Crippen LogP contribution in [-0.2, 0) is 6.18 Å². The first-order valence-electron chi connectivity index (χ1n) is 11.0. The van der Waals surface area contributed by atoms with Crippen LogP contribution in [-0.4, -0.2) is 26.8 Å². The zero-order chi connectivity index (χ0) is 26.7. The Morgan fingerprint density at radius 1 is 0.892 bits per heavy atom. The number of carbonyl (C=O) groups is 1. The van der Waals surface area contributed by atoms with E-state index in [0.29, 0.717) is 12.4 Å². The first-order valence-corrected chi connectivity index (χ1v) is 11.0. The molecule has 0 aliphatic rings. The number of ether oxygens (including phenoxy) is 4. The number of carbonyl (C=O) groups excluding carboxylic acids is 1. The second-order valence-electron chi connectivity index (χ2n) is 7.71. The number of esters is 1. The van der Waals surface area contributed by atoms with Gasteiger partial charge in [0.05, 0.1) is 37.3 Å². The molecule has 0 unspecified atom stereocenters. The van der Waals surface area contributed by atoms with E-state index in [-0.39, 0.29) is 33.8 Å². The summed E-state index contributed by atoms with van der Waals surface area (Å²) in [4.78, 5) is 25.7. The van der Waals surface area contributed by atoms with Crippen LogP contribution in [0.25, 0.3) is 22.1 Å². The number of alkyl halides is 3. The van der Waals surface area contributed by atoms with Gasteiger partial charge in [-0.3, -0.25) is 4.79 Å². The van der Waals surface area contributed by atoms with Gasteiger partial charge in [-0.15, -0.1) is 0 Å². The summed E-state index contributed by atoms with van der Waals surface area (Å²) >= 11 is 0. The van der Waals surface area contributed by atoms with Crippen molar-refractivity contribution in [2.24, 2.45) is 0 Å². The molecule has 0 spiro atoms. The summed E-state index contributed by atoms with van der Waals surface area (Å²) < 4.78 is 68.1. The highest BCUT2D eigenvalue weighted by Crippen LogP contribution is 2.40. The van der Waals surface area contributed by atoms with Crippen molar-refractivity contribution in [1.82, 2.24) is 0 Å². The van der Waals surface area contributed by atoms with E-state index >= 15 is 0 Å². The van der Waals surface area contributed by atoms with Gasteiger partial charge in [-0.25, -0.2) is 4.79 Å². The van der Waals surface area contributed by atoms with Crippen LogP contribution in [0, 0.1) is 0 Å². The fourth-order valence-electron chi connectivity index (χ4n) is 3.71. The van der Waals surface area contributed by atoms with Crippen molar-refractivity contribution < 1.29 is 41.3 Å². The van der Waals surface area contributed by atoms with Crippen molar-refractivity contribution in [2.45, 2.75) is 13.1 Å². The molecule has 0 atom stereocenters. The first kappa shape index (κ1) is 25.6. The third-order valence-electron chi connectivity index (χ3n) is 5.41. The van der Waals surface area contributed by atoms with Gasteiger partial charge in [0.2, 0.25) is 11.2 Å². The lowest BCUT2D eigenvalue weighted by molar-refractivity contribution is -0.152. The molecule has 3 aromatic carbocycles. The smallest absolute Gasteiger partial charge is 0.450 e. The highest BCUT2D eigenvalue weighted by atomic mass is 19.4. The Morgan fingerprint density at radius 2 is 1.57 bits per heavy atom. The number of fused-ring (bicyclic) bond motifs is 1. The third-order valence-corrected chi connectivity index (χ3v) is 5.41. The van der Waals surface area contributed by atoms with E-state index in [0.717, 1.165) is 6.07 Å². The topological polar surface area (TPSA) is 84.2 Å². The van der Waals surface area contributed by atoms with Gasteiger partial charge in [-0.05, 0) is 61.0 Å². The standard InChI is InChI=1S/C27H21F3O7/c1-4-35-17-8-5-15(6-9-17)26(32)36-18-10-11-19-21(14-18)37-25(27(28,29)30)23(24(19)31)16-7-12-20(33-2)22(13-16)34-3/h5-14H,4H2,1-3H3. The SMILES string of the molecule is CCOc1ccc(C(=O)Oc2ccc3c(=O)c(-c4ccc(OC)c(OC)c4)c(C(F)(F)F)oc3c2)cc1. The van der Waals surface area contributed by atoms with Crippen molar-refractivity contribution in [2.75, 3.05) is 20.8 Å². The van der Waals surface area contributed by atoms with Crippen LogP contribution in [0.2, 0.25) is 0 Å². The maximum atomic E-state index is 14.0. The zero-order valence-corrected chi connectivity index (χ0v) is 20.0. The predicted octanol–water partition coefficient (Wildman–Crippen LogP) is 6.11. The Labute approximate surface area is 208 Å². The molecule has 4 rings (SSSR count). The van der Waals surface area contributed by atoms with Gasteiger partial charge in [0, 0.05) is 6.07 Å². The van der Waals surface area contributed by atoms with Gasteiger partial charge in [0.25, 0.3) is 0 Å². The van der Waals surface area contributed by atoms with E-state index in [4.69, 9.17) is 23.4 Å². The monoisotopic (exact) mass is 514 g/mol. The molecule has 0 saturated heterocycles. The summed E-state index contributed by atoms with van der Waals surface area (Å²) in [6, 6.07) is 13.7. The Hall–Kier alpha value is -4.47. The zero-order valence-electron chi connectivity index (χ0n) is 20.0. The normalized spacial score (nSPS) is 11.3. The van der Waals surface area contributed by atoms with Gasteiger partial charge in [0.1, 0.15) is 17.1 Å². The maximum Gasteiger partial charge on any atom is 0.450 e. The Balaban J connectivity index is 1.76. The quantitative estimate of drug-likeness (QED) is 0.217. The molecule has 1 heterocycles. The molecule has 0 fully saturated rings. The van der Waals surface area contributed by atoms with E-state index < -0.39 is 34.5 Å². The molecule has 0 N–H and O–H groups in total. The molecule has 10 heteroatoms. The van der Waals surface area contributed by atoms with E-state index in [1.807, 2.05) is 6.92 Å². The van der Waals surface area contributed by atoms with Crippen molar-refractivity contribution in [3.63, 3.8) is 0 Å². The van der Waals surface area contributed by atoms with E-state index in [1.54, 1.807) is 12.1 Å². The molecule has 0 saturated carbocycles.